The molecule has 5 nitrogen and oxygen atoms in total. The lowest BCUT2D eigenvalue weighted by Crippen LogP contribution is -2.33. The Hall–Kier alpha value is -1.18. The Morgan fingerprint density at radius 2 is 2.27 bits per heavy atom. The van der Waals surface area contributed by atoms with Crippen LogP contribution >= 0.6 is 11.3 Å². The van der Waals surface area contributed by atoms with Crippen molar-refractivity contribution in [3.63, 3.8) is 0 Å². The van der Waals surface area contributed by atoms with Gasteiger partial charge in [-0.3, -0.25) is 10.00 Å². The Morgan fingerprint density at radius 1 is 1.45 bits per heavy atom. The summed E-state index contributed by atoms with van der Waals surface area (Å²) in [5.74, 6) is 0. The number of hydrogen-bond donors (Lipinski definition) is 1. The molecule has 1 atom stereocenters. The molecule has 3 rings (SSSR count). The van der Waals surface area contributed by atoms with E-state index in [1.807, 2.05) is 0 Å². The largest absolute Gasteiger partial charge is 0.290 e. The molecule has 1 N–H and O–H groups in total. The molecular formula is C15H21N3O2S2. The van der Waals surface area contributed by atoms with Crippen molar-refractivity contribution in [2.45, 2.75) is 43.7 Å². The van der Waals surface area contributed by atoms with Gasteiger partial charge in [0.15, 0.2) is 9.84 Å². The number of hydrogen-bond acceptors (Lipinski definition) is 5. The maximum absolute atomic E-state index is 12.0. The number of nitrogens with one attached hydrogen (secondary N) is 1. The number of likely N-dealkylation sites (tertiary alicyclic amines) is 1. The van der Waals surface area contributed by atoms with Gasteiger partial charge in [0.1, 0.15) is 4.90 Å². The second-order valence-corrected chi connectivity index (χ2v) is 8.91. The predicted octanol–water partition coefficient (Wildman–Crippen LogP) is 2.91. The standard InChI is InChI=1S/C15H21N3O2S2/c1-11-6-8-21-13(11)10-18-7-4-3-5-12(18)15-14(9-16-17-15)22(2,19)20/h6,8-9,12H,3-5,7,10H2,1-2H3,(H,16,17)/t12-/m0/s1. The van der Waals surface area contributed by atoms with Crippen LogP contribution in [0, 0.1) is 6.92 Å². The summed E-state index contributed by atoms with van der Waals surface area (Å²) in [5, 5.41) is 9.04. The summed E-state index contributed by atoms with van der Waals surface area (Å²) in [6.45, 7) is 3.99. The first kappa shape index (κ1) is 15.7. The molecule has 1 saturated heterocycles. The summed E-state index contributed by atoms with van der Waals surface area (Å²) in [6.07, 6.45) is 5.93. The van der Waals surface area contributed by atoms with E-state index in [1.165, 1.54) is 22.9 Å². The van der Waals surface area contributed by atoms with Crippen LogP contribution in [0.3, 0.4) is 0 Å². The highest BCUT2D eigenvalue weighted by Crippen LogP contribution is 2.35. The van der Waals surface area contributed by atoms with Gasteiger partial charge in [0.05, 0.1) is 17.9 Å². The van der Waals surface area contributed by atoms with E-state index in [-0.39, 0.29) is 6.04 Å². The number of nitrogens with zero attached hydrogens (tertiary/aromatic N) is 2. The van der Waals surface area contributed by atoms with E-state index in [0.29, 0.717) is 4.90 Å². The van der Waals surface area contributed by atoms with E-state index in [1.54, 1.807) is 11.3 Å². The maximum atomic E-state index is 12.0. The number of H-pyrrole nitrogens is 1. The van der Waals surface area contributed by atoms with Crippen molar-refractivity contribution >= 4 is 21.2 Å². The Morgan fingerprint density at radius 3 is 2.95 bits per heavy atom. The number of aromatic amines is 1. The lowest BCUT2D eigenvalue weighted by Gasteiger charge is -2.35. The summed E-state index contributed by atoms with van der Waals surface area (Å²) in [7, 11) is -3.25. The topological polar surface area (TPSA) is 66.1 Å². The fourth-order valence-electron chi connectivity index (χ4n) is 3.08. The molecule has 22 heavy (non-hydrogen) atoms. The highest BCUT2D eigenvalue weighted by Gasteiger charge is 2.30. The Kier molecular flexibility index (Phi) is 4.38. The number of sulfone groups is 1. The summed E-state index contributed by atoms with van der Waals surface area (Å²) < 4.78 is 23.9. The fraction of sp³-hybridized carbons (Fsp3) is 0.533. The van der Waals surface area contributed by atoms with Gasteiger partial charge in [-0.15, -0.1) is 11.3 Å². The molecular weight excluding hydrogens is 318 g/mol. The van der Waals surface area contributed by atoms with Gasteiger partial charge in [-0.05, 0) is 43.3 Å². The van der Waals surface area contributed by atoms with Crippen molar-refractivity contribution < 1.29 is 8.42 Å². The molecule has 0 aliphatic carbocycles. The average molecular weight is 339 g/mol. The van der Waals surface area contributed by atoms with Crippen LogP contribution in [0.15, 0.2) is 22.5 Å². The van der Waals surface area contributed by atoms with Crippen LogP contribution in [-0.2, 0) is 16.4 Å². The SMILES string of the molecule is Cc1ccsc1CN1CCCC[C@H]1c1[nH]ncc1S(C)(=O)=O. The maximum Gasteiger partial charge on any atom is 0.178 e. The number of aromatic nitrogens is 2. The summed E-state index contributed by atoms with van der Waals surface area (Å²) in [5.41, 5.74) is 2.05. The van der Waals surface area contributed by atoms with Crippen molar-refractivity contribution in [3.05, 3.63) is 33.8 Å². The Labute approximate surface area is 135 Å². The zero-order valence-corrected chi connectivity index (χ0v) is 14.5. The van der Waals surface area contributed by atoms with E-state index >= 15 is 0 Å². The summed E-state index contributed by atoms with van der Waals surface area (Å²) in [6, 6.07) is 2.24. The minimum Gasteiger partial charge on any atom is -0.290 e. The molecule has 2 aromatic heterocycles. The molecule has 0 aromatic carbocycles. The van der Waals surface area contributed by atoms with Gasteiger partial charge >= 0.3 is 0 Å². The van der Waals surface area contributed by atoms with Gasteiger partial charge in [-0.2, -0.15) is 5.10 Å². The second-order valence-electron chi connectivity index (χ2n) is 5.93. The summed E-state index contributed by atoms with van der Waals surface area (Å²) in [4.78, 5) is 4.07. The lowest BCUT2D eigenvalue weighted by atomic mass is 9.99. The first-order valence-corrected chi connectivity index (χ1v) is 10.2. The van der Waals surface area contributed by atoms with Crippen LogP contribution in [0.1, 0.15) is 41.4 Å². The van der Waals surface area contributed by atoms with E-state index in [2.05, 4.69) is 33.5 Å². The van der Waals surface area contributed by atoms with Crippen LogP contribution in [0.5, 0.6) is 0 Å². The van der Waals surface area contributed by atoms with Crippen molar-refractivity contribution in [1.29, 1.82) is 0 Å². The van der Waals surface area contributed by atoms with Crippen molar-refractivity contribution in [1.82, 2.24) is 15.1 Å². The van der Waals surface area contributed by atoms with E-state index < -0.39 is 9.84 Å². The molecule has 3 heterocycles. The normalized spacial score (nSPS) is 20.4. The van der Waals surface area contributed by atoms with E-state index in [9.17, 15) is 8.42 Å². The monoisotopic (exact) mass is 339 g/mol. The smallest absolute Gasteiger partial charge is 0.178 e. The Balaban J connectivity index is 1.90. The predicted molar refractivity (Wildman–Crippen MR) is 87.8 cm³/mol. The van der Waals surface area contributed by atoms with Crippen LogP contribution in [0.4, 0.5) is 0 Å². The number of piperidine rings is 1. The lowest BCUT2D eigenvalue weighted by molar-refractivity contribution is 0.136. The minimum atomic E-state index is -3.25. The molecule has 1 aliphatic rings. The first-order valence-electron chi connectivity index (χ1n) is 7.47. The van der Waals surface area contributed by atoms with E-state index in [4.69, 9.17) is 0 Å². The number of aryl methyl sites for hydroxylation is 1. The molecule has 0 unspecified atom stereocenters. The molecule has 120 valence electrons. The molecule has 0 spiro atoms. The number of rotatable bonds is 4. The number of thiophene rings is 1. The third-order valence-corrected chi connectivity index (χ3v) is 6.43. The summed E-state index contributed by atoms with van der Waals surface area (Å²) >= 11 is 1.77. The van der Waals surface area contributed by atoms with Crippen LogP contribution in [0.2, 0.25) is 0 Å². The zero-order chi connectivity index (χ0) is 15.7. The second kappa shape index (κ2) is 6.14. The first-order chi connectivity index (χ1) is 10.5. The third-order valence-electron chi connectivity index (χ3n) is 4.29. The van der Waals surface area contributed by atoms with Crippen LogP contribution < -0.4 is 0 Å². The Bertz CT molecular complexity index is 748. The van der Waals surface area contributed by atoms with Gasteiger partial charge in [-0.25, -0.2) is 8.42 Å². The third kappa shape index (κ3) is 3.11. The average Bonchev–Trinajstić information content (AvgIpc) is 3.09. The van der Waals surface area contributed by atoms with Crippen molar-refractivity contribution in [2.24, 2.45) is 0 Å². The highest BCUT2D eigenvalue weighted by molar-refractivity contribution is 7.90. The van der Waals surface area contributed by atoms with E-state index in [0.717, 1.165) is 38.0 Å². The molecule has 2 aromatic rings. The van der Waals surface area contributed by atoms with Crippen molar-refractivity contribution in [2.75, 3.05) is 12.8 Å². The molecule has 1 fully saturated rings. The molecule has 0 bridgehead atoms. The van der Waals surface area contributed by atoms with Crippen LogP contribution in [0.25, 0.3) is 0 Å². The molecule has 0 amide bonds. The molecule has 0 radical (unpaired) electrons. The van der Waals surface area contributed by atoms with Gasteiger partial charge in [-0.1, -0.05) is 6.42 Å². The van der Waals surface area contributed by atoms with Gasteiger partial charge in [0.25, 0.3) is 0 Å². The molecule has 1 aliphatic heterocycles. The van der Waals surface area contributed by atoms with Gasteiger partial charge < -0.3 is 0 Å². The van der Waals surface area contributed by atoms with Crippen molar-refractivity contribution in [3.8, 4) is 0 Å². The van der Waals surface area contributed by atoms with Crippen LogP contribution in [-0.4, -0.2) is 36.3 Å². The molecule has 0 saturated carbocycles. The van der Waals surface area contributed by atoms with Gasteiger partial charge in [0, 0.05) is 17.7 Å². The quantitative estimate of drug-likeness (QED) is 0.930. The zero-order valence-electron chi connectivity index (χ0n) is 12.9. The molecule has 7 heteroatoms. The van der Waals surface area contributed by atoms with Gasteiger partial charge in [0.2, 0.25) is 0 Å². The highest BCUT2D eigenvalue weighted by atomic mass is 32.2. The minimum absolute atomic E-state index is 0.0995. The fourth-order valence-corrected chi connectivity index (χ4v) is 4.83.